The number of fused-ring (bicyclic) bond motifs is 1. The van der Waals surface area contributed by atoms with Gasteiger partial charge in [-0.1, -0.05) is 18.2 Å². The molecule has 9 heteroatoms. The van der Waals surface area contributed by atoms with Gasteiger partial charge in [-0.25, -0.2) is 9.97 Å². The summed E-state index contributed by atoms with van der Waals surface area (Å²) in [6, 6.07) is 10.9. The normalized spacial score (nSPS) is 11.0. The average molecular weight is 454 g/mol. The summed E-state index contributed by atoms with van der Waals surface area (Å²) >= 11 is 3.23. The van der Waals surface area contributed by atoms with Crippen molar-refractivity contribution in [3.8, 4) is 28.1 Å². The van der Waals surface area contributed by atoms with E-state index in [2.05, 4.69) is 25.9 Å². The summed E-state index contributed by atoms with van der Waals surface area (Å²) in [5, 5.41) is 12.5. The first-order valence-corrected chi connectivity index (χ1v) is 9.39. The number of nitrogens with zero attached hydrogens (tertiary/aromatic N) is 4. The lowest BCUT2D eigenvalue weighted by Gasteiger charge is -2.13. The van der Waals surface area contributed by atoms with Crippen LogP contribution in [-0.2, 0) is 7.05 Å². The first-order valence-electron chi connectivity index (χ1n) is 8.60. The quantitative estimate of drug-likeness (QED) is 0.358. The summed E-state index contributed by atoms with van der Waals surface area (Å²) < 4.78 is 7.80. The van der Waals surface area contributed by atoms with Crippen molar-refractivity contribution in [2.75, 3.05) is 12.8 Å². The van der Waals surface area contributed by atoms with Gasteiger partial charge in [0.25, 0.3) is 5.69 Å². The summed E-state index contributed by atoms with van der Waals surface area (Å²) in [6.45, 7) is 0. The van der Waals surface area contributed by atoms with Gasteiger partial charge in [-0.3, -0.25) is 10.1 Å². The number of nitrogens with two attached hydrogens (primary N) is 1. The van der Waals surface area contributed by atoms with Gasteiger partial charge < -0.3 is 15.0 Å². The van der Waals surface area contributed by atoms with Gasteiger partial charge in [0.05, 0.1) is 22.2 Å². The van der Waals surface area contributed by atoms with E-state index in [-0.39, 0.29) is 11.6 Å². The fourth-order valence-electron chi connectivity index (χ4n) is 3.39. The molecule has 0 unspecified atom stereocenters. The zero-order valence-corrected chi connectivity index (χ0v) is 17.2. The highest BCUT2D eigenvalue weighted by Gasteiger charge is 2.23. The summed E-state index contributed by atoms with van der Waals surface area (Å²) in [5.41, 5.74) is 9.35. The second-order valence-corrected chi connectivity index (χ2v) is 7.28. The number of hydrogen-bond acceptors (Lipinski definition) is 6. The van der Waals surface area contributed by atoms with E-state index in [0.29, 0.717) is 27.0 Å². The fourth-order valence-corrected chi connectivity index (χ4v) is 3.86. The van der Waals surface area contributed by atoms with Gasteiger partial charge in [0, 0.05) is 59.2 Å². The minimum Gasteiger partial charge on any atom is -0.496 e. The second kappa shape index (κ2) is 7.17. The number of nitro groups is 1. The first kappa shape index (κ1) is 18.9. The zero-order valence-electron chi connectivity index (χ0n) is 15.6. The Kier molecular flexibility index (Phi) is 4.67. The molecule has 0 amide bonds. The molecule has 0 saturated carbocycles. The molecule has 0 aliphatic heterocycles. The van der Waals surface area contributed by atoms with E-state index in [9.17, 15) is 10.1 Å². The molecule has 146 valence electrons. The second-order valence-electron chi connectivity index (χ2n) is 6.42. The van der Waals surface area contributed by atoms with Crippen molar-refractivity contribution < 1.29 is 9.66 Å². The standard InChI is InChI=1S/C20H16BrN5O3/c1-25-10-14(11-5-3-4-6-16(11)25)19-13(9-23-20(22)24-19)12-7-17(26(27)28)15(21)8-18(12)29-2/h3-10H,1-2H3,(H2,22,23,24). The molecule has 4 aromatic rings. The van der Waals surface area contributed by atoms with Crippen molar-refractivity contribution in [2.45, 2.75) is 0 Å². The van der Waals surface area contributed by atoms with Crippen LogP contribution in [0, 0.1) is 10.1 Å². The maximum absolute atomic E-state index is 11.5. The number of nitrogen functional groups attached to an aromatic ring is 1. The smallest absolute Gasteiger partial charge is 0.284 e. The maximum Gasteiger partial charge on any atom is 0.284 e. The summed E-state index contributed by atoms with van der Waals surface area (Å²) in [4.78, 5) is 19.6. The Morgan fingerprint density at radius 3 is 2.69 bits per heavy atom. The van der Waals surface area contributed by atoms with Crippen LogP contribution in [0.5, 0.6) is 5.75 Å². The maximum atomic E-state index is 11.5. The molecule has 0 bridgehead atoms. The summed E-state index contributed by atoms with van der Waals surface area (Å²) in [5.74, 6) is 0.569. The van der Waals surface area contributed by atoms with Crippen LogP contribution in [0.4, 0.5) is 11.6 Å². The molecule has 2 aromatic carbocycles. The van der Waals surface area contributed by atoms with Gasteiger partial charge >= 0.3 is 0 Å². The van der Waals surface area contributed by atoms with Crippen molar-refractivity contribution >= 4 is 38.5 Å². The molecule has 4 rings (SSSR count). The molecule has 0 atom stereocenters. The highest BCUT2D eigenvalue weighted by Crippen LogP contribution is 2.43. The Morgan fingerprint density at radius 1 is 1.21 bits per heavy atom. The van der Waals surface area contributed by atoms with Gasteiger partial charge in [-0.05, 0) is 22.0 Å². The molecule has 29 heavy (non-hydrogen) atoms. The Bertz CT molecular complexity index is 1270. The van der Waals surface area contributed by atoms with Crippen LogP contribution in [0.3, 0.4) is 0 Å². The number of nitro benzene ring substituents is 1. The Labute approximate surface area is 174 Å². The zero-order chi connectivity index (χ0) is 20.7. The van der Waals surface area contributed by atoms with Gasteiger partial charge in [-0.2, -0.15) is 0 Å². The van der Waals surface area contributed by atoms with Crippen LogP contribution in [0.2, 0.25) is 0 Å². The number of para-hydroxylation sites is 1. The Morgan fingerprint density at radius 2 is 1.97 bits per heavy atom. The number of rotatable bonds is 4. The number of benzene rings is 2. The lowest BCUT2D eigenvalue weighted by molar-refractivity contribution is -0.385. The molecule has 0 radical (unpaired) electrons. The topological polar surface area (TPSA) is 109 Å². The molecule has 8 nitrogen and oxygen atoms in total. The number of anilines is 1. The third-order valence-corrected chi connectivity index (χ3v) is 5.35. The number of halogens is 1. The van der Waals surface area contributed by atoms with Crippen molar-refractivity contribution in [3.63, 3.8) is 0 Å². The van der Waals surface area contributed by atoms with Crippen molar-refractivity contribution in [1.82, 2.24) is 14.5 Å². The lowest BCUT2D eigenvalue weighted by Crippen LogP contribution is -2.00. The minimum absolute atomic E-state index is 0.0819. The highest BCUT2D eigenvalue weighted by molar-refractivity contribution is 9.10. The molecule has 0 aliphatic carbocycles. The van der Waals surface area contributed by atoms with E-state index in [0.717, 1.165) is 16.5 Å². The Balaban J connectivity index is 2.05. The largest absolute Gasteiger partial charge is 0.496 e. The van der Waals surface area contributed by atoms with E-state index in [4.69, 9.17) is 10.5 Å². The fraction of sp³-hybridized carbons (Fsp3) is 0.100. The van der Waals surface area contributed by atoms with Crippen LogP contribution in [0.25, 0.3) is 33.3 Å². The molecule has 0 fully saturated rings. The highest BCUT2D eigenvalue weighted by atomic mass is 79.9. The Hall–Kier alpha value is -3.46. The van der Waals surface area contributed by atoms with Crippen LogP contribution in [0.1, 0.15) is 0 Å². The molecule has 2 heterocycles. The third-order valence-electron chi connectivity index (χ3n) is 4.72. The summed E-state index contributed by atoms with van der Waals surface area (Å²) in [6.07, 6.45) is 3.52. The minimum atomic E-state index is -0.456. The SMILES string of the molecule is COc1cc(Br)c([N+](=O)[O-])cc1-c1cnc(N)nc1-c1cn(C)c2ccccc12. The molecular formula is C20H16BrN5O3. The number of ether oxygens (including phenoxy) is 1. The molecule has 0 saturated heterocycles. The van der Waals surface area contributed by atoms with E-state index in [1.54, 1.807) is 12.3 Å². The predicted octanol–water partition coefficient (Wildman–Crippen LogP) is 4.56. The van der Waals surface area contributed by atoms with E-state index in [1.165, 1.54) is 13.2 Å². The average Bonchev–Trinajstić information content (AvgIpc) is 3.04. The van der Waals surface area contributed by atoms with Crippen LogP contribution >= 0.6 is 15.9 Å². The van der Waals surface area contributed by atoms with E-state index >= 15 is 0 Å². The number of aromatic nitrogens is 3. The monoisotopic (exact) mass is 453 g/mol. The lowest BCUT2D eigenvalue weighted by atomic mass is 9.99. The van der Waals surface area contributed by atoms with Crippen LogP contribution in [-0.4, -0.2) is 26.6 Å². The van der Waals surface area contributed by atoms with Gasteiger partial charge in [-0.15, -0.1) is 0 Å². The van der Waals surface area contributed by atoms with Crippen molar-refractivity contribution in [1.29, 1.82) is 0 Å². The molecule has 2 aromatic heterocycles. The van der Waals surface area contributed by atoms with Gasteiger partial charge in [0.1, 0.15) is 5.75 Å². The van der Waals surface area contributed by atoms with Crippen LogP contribution in [0.15, 0.2) is 53.3 Å². The summed E-state index contributed by atoms with van der Waals surface area (Å²) in [7, 11) is 3.45. The number of hydrogen-bond donors (Lipinski definition) is 1. The first-order chi connectivity index (χ1) is 13.9. The van der Waals surface area contributed by atoms with E-state index < -0.39 is 4.92 Å². The van der Waals surface area contributed by atoms with E-state index in [1.807, 2.05) is 42.1 Å². The molecule has 0 spiro atoms. The predicted molar refractivity (Wildman–Crippen MR) is 115 cm³/mol. The molecular weight excluding hydrogens is 438 g/mol. The van der Waals surface area contributed by atoms with Gasteiger partial charge in [0.15, 0.2) is 0 Å². The number of aryl methyl sites for hydroxylation is 1. The molecule has 0 aliphatic rings. The molecule has 2 N–H and O–H groups in total. The van der Waals surface area contributed by atoms with Crippen molar-refractivity contribution in [2.24, 2.45) is 7.05 Å². The van der Waals surface area contributed by atoms with Crippen molar-refractivity contribution in [3.05, 3.63) is 63.4 Å². The number of methoxy groups -OCH3 is 1. The van der Waals surface area contributed by atoms with Gasteiger partial charge in [0.2, 0.25) is 5.95 Å². The third kappa shape index (κ3) is 3.19. The van der Waals surface area contributed by atoms with Crippen LogP contribution < -0.4 is 10.5 Å².